The summed E-state index contributed by atoms with van der Waals surface area (Å²) in [5, 5.41) is 6.58. The van der Waals surface area contributed by atoms with Crippen LogP contribution in [0.2, 0.25) is 0 Å². The average molecular weight is 333 g/mol. The molecule has 3 fully saturated rings. The molecule has 128 valence electrons. The van der Waals surface area contributed by atoms with Gasteiger partial charge < -0.3 is 20.1 Å². The molecule has 1 saturated heterocycles. The largest absolute Gasteiger partial charge is 0.378 e. The van der Waals surface area contributed by atoms with Gasteiger partial charge in [0.25, 0.3) is 5.91 Å². The molecule has 0 radical (unpaired) electrons. The molecule has 1 spiro atoms. The van der Waals surface area contributed by atoms with Crippen LogP contribution in [0.1, 0.15) is 45.4 Å². The second-order valence-electron chi connectivity index (χ2n) is 6.74. The monoisotopic (exact) mass is 332 g/mol. The highest BCUT2D eigenvalue weighted by atomic mass is 35.5. The summed E-state index contributed by atoms with van der Waals surface area (Å²) in [4.78, 5) is 12.7. The Morgan fingerprint density at radius 3 is 2.45 bits per heavy atom. The molecule has 2 N–H and O–H groups in total. The summed E-state index contributed by atoms with van der Waals surface area (Å²) in [5.74, 6) is 0.0812. The number of methoxy groups -OCH3 is 1. The summed E-state index contributed by atoms with van der Waals surface area (Å²) in [7, 11) is 1.66. The van der Waals surface area contributed by atoms with Crippen molar-refractivity contribution in [3.05, 3.63) is 0 Å². The zero-order valence-corrected chi connectivity index (χ0v) is 14.5. The van der Waals surface area contributed by atoms with E-state index in [1.807, 2.05) is 6.92 Å². The molecule has 5 nitrogen and oxygen atoms in total. The second-order valence-corrected chi connectivity index (χ2v) is 6.74. The quantitative estimate of drug-likeness (QED) is 0.803. The van der Waals surface area contributed by atoms with Crippen LogP contribution in [0.25, 0.3) is 0 Å². The zero-order chi connectivity index (χ0) is 14.9. The Balaban J connectivity index is 0.00000176. The second kappa shape index (κ2) is 7.04. The lowest BCUT2D eigenvalue weighted by atomic mass is 9.51. The van der Waals surface area contributed by atoms with E-state index in [-0.39, 0.29) is 29.8 Å². The van der Waals surface area contributed by atoms with Crippen LogP contribution in [0.3, 0.4) is 0 Å². The number of amides is 1. The number of rotatable bonds is 5. The van der Waals surface area contributed by atoms with Gasteiger partial charge in [0, 0.05) is 25.2 Å². The minimum Gasteiger partial charge on any atom is -0.378 e. The van der Waals surface area contributed by atoms with Gasteiger partial charge in [-0.15, -0.1) is 12.4 Å². The molecule has 0 bridgehead atoms. The van der Waals surface area contributed by atoms with Gasteiger partial charge in [0.1, 0.15) is 5.60 Å². The first kappa shape index (κ1) is 18.0. The fourth-order valence-electron chi connectivity index (χ4n) is 4.28. The van der Waals surface area contributed by atoms with Gasteiger partial charge in [-0.2, -0.15) is 0 Å². The third-order valence-electron chi connectivity index (χ3n) is 5.96. The van der Waals surface area contributed by atoms with Crippen LogP contribution in [-0.4, -0.2) is 50.5 Å². The van der Waals surface area contributed by atoms with Gasteiger partial charge in [0.05, 0.1) is 6.10 Å². The first-order valence-electron chi connectivity index (χ1n) is 8.35. The van der Waals surface area contributed by atoms with Crippen molar-refractivity contribution in [3.8, 4) is 0 Å². The minimum absolute atomic E-state index is 0. The summed E-state index contributed by atoms with van der Waals surface area (Å²) in [6, 6.07) is 0.275. The Labute approximate surface area is 139 Å². The summed E-state index contributed by atoms with van der Waals surface area (Å²) in [5.41, 5.74) is -0.416. The Morgan fingerprint density at radius 2 is 1.95 bits per heavy atom. The van der Waals surface area contributed by atoms with Crippen molar-refractivity contribution >= 4 is 18.3 Å². The topological polar surface area (TPSA) is 59.6 Å². The van der Waals surface area contributed by atoms with Crippen LogP contribution >= 0.6 is 12.4 Å². The van der Waals surface area contributed by atoms with E-state index in [9.17, 15) is 4.79 Å². The van der Waals surface area contributed by atoms with E-state index in [4.69, 9.17) is 9.47 Å². The van der Waals surface area contributed by atoms with Crippen molar-refractivity contribution in [2.24, 2.45) is 5.41 Å². The van der Waals surface area contributed by atoms with Gasteiger partial charge in [-0.3, -0.25) is 4.79 Å². The van der Waals surface area contributed by atoms with Gasteiger partial charge in [-0.25, -0.2) is 0 Å². The van der Waals surface area contributed by atoms with E-state index in [1.165, 1.54) is 19.3 Å². The fraction of sp³-hybridized carbons (Fsp3) is 0.938. The maximum absolute atomic E-state index is 12.7. The van der Waals surface area contributed by atoms with Crippen molar-refractivity contribution in [1.82, 2.24) is 10.6 Å². The number of halogens is 1. The number of nitrogens with one attached hydrogen (secondary N) is 2. The fourth-order valence-corrected chi connectivity index (χ4v) is 4.28. The molecule has 0 aromatic heterocycles. The van der Waals surface area contributed by atoms with Crippen LogP contribution < -0.4 is 10.6 Å². The van der Waals surface area contributed by atoms with Gasteiger partial charge in [-0.1, -0.05) is 6.42 Å². The van der Waals surface area contributed by atoms with Crippen LogP contribution in [0.15, 0.2) is 0 Å². The van der Waals surface area contributed by atoms with Gasteiger partial charge in [-0.05, 0) is 52.1 Å². The van der Waals surface area contributed by atoms with Crippen LogP contribution in [0, 0.1) is 5.41 Å². The summed E-state index contributed by atoms with van der Waals surface area (Å²) in [6.07, 6.45) is 6.43. The lowest BCUT2D eigenvalue weighted by Crippen LogP contribution is -2.70. The van der Waals surface area contributed by atoms with Crippen molar-refractivity contribution in [1.29, 1.82) is 0 Å². The zero-order valence-electron chi connectivity index (χ0n) is 13.7. The van der Waals surface area contributed by atoms with Crippen molar-refractivity contribution in [2.75, 3.05) is 26.8 Å². The third-order valence-corrected chi connectivity index (χ3v) is 5.96. The Kier molecular flexibility index (Phi) is 5.75. The Bertz CT molecular complexity index is 395. The van der Waals surface area contributed by atoms with E-state index < -0.39 is 5.60 Å². The normalized spacial score (nSPS) is 31.5. The molecule has 0 aromatic carbocycles. The summed E-state index contributed by atoms with van der Waals surface area (Å²) in [6.45, 7) is 4.51. The molecule has 1 amide bonds. The smallest absolute Gasteiger partial charge is 0.252 e. The first-order valence-corrected chi connectivity index (χ1v) is 8.35. The molecule has 6 heteroatoms. The van der Waals surface area contributed by atoms with E-state index in [1.54, 1.807) is 7.11 Å². The van der Waals surface area contributed by atoms with Gasteiger partial charge >= 0.3 is 0 Å². The SMILES string of the molecule is CCOC1CC(NC(=O)C2(OC)CCNCC2)C12CCC2.Cl. The number of ether oxygens (including phenoxy) is 2. The standard InChI is InChI=1S/C16H28N2O3.ClH/c1-3-21-13-11-12(15(13)5-4-6-15)18-14(19)16(20-2)7-9-17-10-8-16;/h12-13,17H,3-11H2,1-2H3,(H,18,19);1H. The molecule has 3 rings (SSSR count). The molecular weight excluding hydrogens is 304 g/mol. The number of piperidine rings is 1. The van der Waals surface area contributed by atoms with E-state index in [2.05, 4.69) is 10.6 Å². The minimum atomic E-state index is -0.632. The highest BCUT2D eigenvalue weighted by Gasteiger charge is 2.60. The van der Waals surface area contributed by atoms with Crippen molar-refractivity contribution < 1.29 is 14.3 Å². The van der Waals surface area contributed by atoms with Crippen LogP contribution in [0.5, 0.6) is 0 Å². The predicted molar refractivity (Wildman–Crippen MR) is 87.3 cm³/mol. The highest BCUT2D eigenvalue weighted by molar-refractivity contribution is 5.86. The Morgan fingerprint density at radius 1 is 1.27 bits per heavy atom. The van der Waals surface area contributed by atoms with Crippen molar-refractivity contribution in [3.63, 3.8) is 0 Å². The first-order chi connectivity index (χ1) is 10.2. The summed E-state index contributed by atoms with van der Waals surface area (Å²) >= 11 is 0. The van der Waals surface area contributed by atoms with E-state index in [0.29, 0.717) is 6.10 Å². The van der Waals surface area contributed by atoms with E-state index >= 15 is 0 Å². The maximum atomic E-state index is 12.7. The van der Waals surface area contributed by atoms with Crippen LogP contribution in [-0.2, 0) is 14.3 Å². The van der Waals surface area contributed by atoms with Crippen molar-refractivity contribution in [2.45, 2.75) is 63.2 Å². The van der Waals surface area contributed by atoms with E-state index in [0.717, 1.165) is 39.0 Å². The lowest BCUT2D eigenvalue weighted by Gasteiger charge is -2.61. The molecule has 2 unspecified atom stereocenters. The van der Waals surface area contributed by atoms with Crippen LogP contribution in [0.4, 0.5) is 0 Å². The average Bonchev–Trinajstić information content (AvgIpc) is 2.44. The number of hydrogen-bond donors (Lipinski definition) is 2. The summed E-state index contributed by atoms with van der Waals surface area (Å²) < 4.78 is 11.5. The number of carbonyl (C=O) groups is 1. The molecule has 1 heterocycles. The van der Waals surface area contributed by atoms with Gasteiger partial charge in [0.15, 0.2) is 0 Å². The van der Waals surface area contributed by atoms with Gasteiger partial charge in [0.2, 0.25) is 0 Å². The molecule has 0 aromatic rings. The molecule has 2 aliphatic carbocycles. The molecule has 3 aliphatic rings. The molecule has 1 aliphatic heterocycles. The molecular formula is C16H29ClN2O3. The maximum Gasteiger partial charge on any atom is 0.252 e. The lowest BCUT2D eigenvalue weighted by molar-refractivity contribution is -0.182. The third kappa shape index (κ3) is 2.77. The predicted octanol–water partition coefficient (Wildman–Crippen LogP) is 1.64. The molecule has 22 heavy (non-hydrogen) atoms. The number of hydrogen-bond acceptors (Lipinski definition) is 4. The molecule has 2 atom stereocenters. The Hall–Kier alpha value is -0.360. The number of carbonyl (C=O) groups excluding carboxylic acids is 1. The highest BCUT2D eigenvalue weighted by Crippen LogP contribution is 2.57. The molecule has 2 saturated carbocycles.